The van der Waals surface area contributed by atoms with Gasteiger partial charge in [0.25, 0.3) is 0 Å². The van der Waals surface area contributed by atoms with Crippen LogP contribution in [0.5, 0.6) is 0 Å². The van der Waals surface area contributed by atoms with E-state index in [9.17, 15) is 5.11 Å². The van der Waals surface area contributed by atoms with Crippen molar-refractivity contribution in [2.75, 3.05) is 6.54 Å². The topological polar surface area (TPSA) is 55.5 Å². The van der Waals surface area contributed by atoms with Crippen molar-refractivity contribution in [3.05, 3.63) is 11.6 Å². The highest BCUT2D eigenvalue weighted by molar-refractivity contribution is 5.12. The Morgan fingerprint density at radius 1 is 1.53 bits per heavy atom. The van der Waals surface area contributed by atoms with E-state index < -0.39 is 0 Å². The van der Waals surface area contributed by atoms with Gasteiger partial charge in [0.15, 0.2) is 0 Å². The molecule has 3 heteroatoms. The van der Waals surface area contributed by atoms with Gasteiger partial charge < -0.3 is 15.6 Å². The van der Waals surface area contributed by atoms with Crippen LogP contribution in [0.15, 0.2) is 11.6 Å². The fourth-order valence-corrected chi connectivity index (χ4v) is 4.79. The van der Waals surface area contributed by atoms with E-state index >= 15 is 0 Å². The van der Waals surface area contributed by atoms with Gasteiger partial charge in [0.05, 0.1) is 18.3 Å². The highest BCUT2D eigenvalue weighted by Crippen LogP contribution is 2.52. The van der Waals surface area contributed by atoms with Crippen LogP contribution in [0.25, 0.3) is 0 Å². The second-order valence-electron chi connectivity index (χ2n) is 7.10. The van der Waals surface area contributed by atoms with Crippen LogP contribution in [0.2, 0.25) is 0 Å². The molecule has 3 rings (SSSR count). The molecule has 2 saturated heterocycles. The number of fused-ring (bicyclic) bond motifs is 2. The summed E-state index contributed by atoms with van der Waals surface area (Å²) in [6.45, 7) is 4.99. The van der Waals surface area contributed by atoms with Gasteiger partial charge in [-0.15, -0.1) is 0 Å². The maximum Gasteiger partial charge on any atom is 0.0674 e. The minimum Gasteiger partial charge on any atom is -0.392 e. The van der Waals surface area contributed by atoms with Crippen LogP contribution in [0.4, 0.5) is 0 Å². The Hall–Kier alpha value is -0.380. The Labute approximate surface area is 116 Å². The predicted molar refractivity (Wildman–Crippen MR) is 75.7 cm³/mol. The summed E-state index contributed by atoms with van der Waals surface area (Å²) in [6, 6.07) is 0. The van der Waals surface area contributed by atoms with Crippen molar-refractivity contribution in [2.45, 2.75) is 64.3 Å². The highest BCUT2D eigenvalue weighted by atomic mass is 16.5. The summed E-state index contributed by atoms with van der Waals surface area (Å²) in [5.74, 6) is 0.925. The van der Waals surface area contributed by atoms with Crippen LogP contribution in [0, 0.1) is 17.3 Å². The molecule has 3 N–H and O–H groups in total. The summed E-state index contributed by atoms with van der Waals surface area (Å²) in [5.41, 5.74) is 7.32. The summed E-state index contributed by atoms with van der Waals surface area (Å²) in [4.78, 5) is 0. The molecule has 6 atom stereocenters. The summed E-state index contributed by atoms with van der Waals surface area (Å²) >= 11 is 0. The zero-order valence-corrected chi connectivity index (χ0v) is 12.1. The number of hydrogen-bond donors (Lipinski definition) is 2. The number of allylic oxidation sites excluding steroid dienone is 2. The summed E-state index contributed by atoms with van der Waals surface area (Å²) in [5, 5.41) is 11.0. The van der Waals surface area contributed by atoms with Gasteiger partial charge in [0, 0.05) is 12.0 Å². The van der Waals surface area contributed by atoms with Crippen LogP contribution in [0.1, 0.15) is 46.0 Å². The molecule has 2 heterocycles. The van der Waals surface area contributed by atoms with Crippen molar-refractivity contribution >= 4 is 0 Å². The van der Waals surface area contributed by atoms with Crippen LogP contribution >= 0.6 is 0 Å². The Bertz CT molecular complexity index is 381. The minimum absolute atomic E-state index is 0.176. The minimum atomic E-state index is -0.307. The molecule has 0 saturated carbocycles. The van der Waals surface area contributed by atoms with Crippen LogP contribution in [0.3, 0.4) is 0 Å². The molecule has 0 radical (unpaired) electrons. The second-order valence-corrected chi connectivity index (χ2v) is 7.10. The lowest BCUT2D eigenvalue weighted by molar-refractivity contribution is -0.0600. The molecule has 19 heavy (non-hydrogen) atoms. The maximum absolute atomic E-state index is 11.0. The summed E-state index contributed by atoms with van der Waals surface area (Å²) < 4.78 is 5.99. The lowest BCUT2D eigenvalue weighted by Crippen LogP contribution is -2.52. The van der Waals surface area contributed by atoms with Gasteiger partial charge >= 0.3 is 0 Å². The van der Waals surface area contributed by atoms with Gasteiger partial charge in [-0.2, -0.15) is 0 Å². The Morgan fingerprint density at radius 2 is 2.32 bits per heavy atom. The fourth-order valence-electron chi connectivity index (χ4n) is 4.79. The van der Waals surface area contributed by atoms with E-state index in [1.165, 1.54) is 5.57 Å². The third-order valence-corrected chi connectivity index (χ3v) is 5.60. The molecule has 0 aromatic heterocycles. The van der Waals surface area contributed by atoms with Crippen LogP contribution in [-0.4, -0.2) is 30.0 Å². The first-order valence-corrected chi connectivity index (χ1v) is 7.76. The Morgan fingerprint density at radius 3 is 2.84 bits per heavy atom. The van der Waals surface area contributed by atoms with Gasteiger partial charge in [0.2, 0.25) is 0 Å². The monoisotopic (exact) mass is 265 g/mol. The fraction of sp³-hybridized carbons (Fsp3) is 0.875. The van der Waals surface area contributed by atoms with Gasteiger partial charge in [-0.1, -0.05) is 18.6 Å². The molecule has 2 fully saturated rings. The standard InChI is InChI=1S/C16H27NO2/c1-10-5-11(2)7-12(6-10)15(18)16(9-17)8-13-3-4-14(16)19-13/h5,10,12-15,18H,3-4,6-9,17H2,1-2H3. The highest BCUT2D eigenvalue weighted by Gasteiger charge is 2.56. The van der Waals surface area contributed by atoms with E-state index in [1.54, 1.807) is 0 Å². The zero-order chi connectivity index (χ0) is 13.6. The first-order chi connectivity index (χ1) is 9.05. The van der Waals surface area contributed by atoms with Gasteiger partial charge in [-0.25, -0.2) is 0 Å². The largest absolute Gasteiger partial charge is 0.392 e. The molecule has 0 amide bonds. The number of ether oxygens (including phenoxy) is 1. The quantitative estimate of drug-likeness (QED) is 0.769. The first-order valence-electron chi connectivity index (χ1n) is 7.76. The van der Waals surface area contributed by atoms with E-state index in [-0.39, 0.29) is 17.6 Å². The van der Waals surface area contributed by atoms with Crippen molar-refractivity contribution in [3.8, 4) is 0 Å². The molecule has 6 unspecified atom stereocenters. The average molecular weight is 265 g/mol. The third-order valence-electron chi connectivity index (χ3n) is 5.60. The molecular formula is C16H27NO2. The first kappa shape index (κ1) is 13.6. The van der Waals surface area contributed by atoms with Crippen molar-refractivity contribution < 1.29 is 9.84 Å². The van der Waals surface area contributed by atoms with E-state index in [1.807, 2.05) is 0 Å². The smallest absolute Gasteiger partial charge is 0.0674 e. The van der Waals surface area contributed by atoms with Crippen LogP contribution in [-0.2, 0) is 4.74 Å². The predicted octanol–water partition coefficient (Wildman–Crippen LogP) is 2.24. The lowest BCUT2D eigenvalue weighted by atomic mass is 9.64. The molecule has 1 aliphatic carbocycles. The second kappa shape index (κ2) is 4.87. The van der Waals surface area contributed by atoms with E-state index in [2.05, 4.69) is 19.9 Å². The van der Waals surface area contributed by atoms with Crippen molar-refractivity contribution in [1.82, 2.24) is 0 Å². The van der Waals surface area contributed by atoms with Crippen molar-refractivity contribution in [1.29, 1.82) is 0 Å². The number of nitrogens with two attached hydrogens (primary N) is 1. The van der Waals surface area contributed by atoms with E-state index in [0.29, 0.717) is 24.5 Å². The number of rotatable bonds is 3. The van der Waals surface area contributed by atoms with Crippen molar-refractivity contribution in [2.24, 2.45) is 23.0 Å². The normalized spacial score (nSPS) is 47.3. The van der Waals surface area contributed by atoms with Gasteiger partial charge in [0.1, 0.15) is 0 Å². The molecule has 2 bridgehead atoms. The average Bonchev–Trinajstić information content (AvgIpc) is 2.97. The molecule has 0 aromatic rings. The molecule has 3 aliphatic rings. The van der Waals surface area contributed by atoms with Gasteiger partial charge in [-0.3, -0.25) is 0 Å². The Balaban J connectivity index is 1.79. The molecule has 3 nitrogen and oxygen atoms in total. The number of hydrogen-bond acceptors (Lipinski definition) is 3. The third kappa shape index (κ3) is 2.16. The summed E-state index contributed by atoms with van der Waals surface area (Å²) in [7, 11) is 0. The molecule has 108 valence electrons. The van der Waals surface area contributed by atoms with Gasteiger partial charge in [-0.05, 0) is 50.9 Å². The van der Waals surface area contributed by atoms with E-state index in [4.69, 9.17) is 10.5 Å². The molecule has 0 aromatic carbocycles. The zero-order valence-electron chi connectivity index (χ0n) is 12.1. The summed E-state index contributed by atoms with van der Waals surface area (Å²) in [6.07, 6.45) is 7.87. The van der Waals surface area contributed by atoms with Crippen molar-refractivity contribution in [3.63, 3.8) is 0 Å². The maximum atomic E-state index is 11.0. The Kier molecular flexibility index (Phi) is 3.48. The molecular weight excluding hydrogens is 238 g/mol. The SMILES string of the molecule is CC1=CC(C)CC(C(O)C2(CN)CC3CCC2O3)C1. The molecule has 2 aliphatic heterocycles. The number of aliphatic hydroxyl groups excluding tert-OH is 1. The van der Waals surface area contributed by atoms with Crippen LogP contribution < -0.4 is 5.73 Å². The lowest BCUT2D eigenvalue weighted by Gasteiger charge is -2.43. The van der Waals surface area contributed by atoms with E-state index in [0.717, 1.165) is 32.1 Å². The number of aliphatic hydroxyl groups is 1. The molecule has 0 spiro atoms.